The van der Waals surface area contributed by atoms with Crippen LogP contribution in [0.1, 0.15) is 55.6 Å². The van der Waals surface area contributed by atoms with Crippen LogP contribution in [0, 0.1) is 39.2 Å². The minimum absolute atomic E-state index is 0.0126. The van der Waals surface area contributed by atoms with Gasteiger partial charge in [0.2, 0.25) is 5.89 Å². The smallest absolute Gasteiger partial charge is 0.275 e. The number of nitrogens with zero attached hydrogens (tertiary/aromatic N) is 2. The fraction of sp³-hybridized carbons (Fsp3) is 0.462. The monoisotopic (exact) mass is 532 g/mol. The van der Waals surface area contributed by atoms with Gasteiger partial charge in [0.25, 0.3) is 5.91 Å². The molecule has 2 N–H and O–H groups in total. The number of aromatic nitrogens is 1. The number of oxazole rings is 1. The predicted molar refractivity (Wildman–Crippen MR) is 135 cm³/mol. The Labute approximate surface area is 214 Å². The molecule has 0 radical (unpaired) electrons. The molecule has 8 nitrogen and oxygen atoms in total. The molecule has 11 heteroatoms. The van der Waals surface area contributed by atoms with Crippen molar-refractivity contribution in [3.63, 3.8) is 0 Å². The first kappa shape index (κ1) is 26.8. The maximum Gasteiger partial charge on any atom is 0.275 e. The highest BCUT2D eigenvalue weighted by Crippen LogP contribution is 2.66. The average molecular weight is 533 g/mol. The van der Waals surface area contributed by atoms with Gasteiger partial charge in [0.1, 0.15) is 23.7 Å². The first-order chi connectivity index (χ1) is 17.2. The van der Waals surface area contributed by atoms with Gasteiger partial charge in [0.15, 0.2) is 15.5 Å². The summed E-state index contributed by atoms with van der Waals surface area (Å²) in [6.45, 7) is 6.37. The molecule has 0 spiro atoms. The molecule has 2 aliphatic rings. The predicted octanol–water partition coefficient (Wildman–Crippen LogP) is 4.41. The number of rotatable bonds is 8. The highest BCUT2D eigenvalue weighted by molar-refractivity contribution is 7.89. The maximum absolute atomic E-state index is 14.3. The minimum Gasteiger partial charge on any atom is -0.447 e. The van der Waals surface area contributed by atoms with Crippen LogP contribution in [-0.2, 0) is 15.6 Å². The Hall–Kier alpha value is -3.21. The number of sulfone groups is 1. The molecule has 2 aliphatic carbocycles. The number of amides is 1. The van der Waals surface area contributed by atoms with Gasteiger partial charge in [-0.3, -0.25) is 4.79 Å². The van der Waals surface area contributed by atoms with Crippen molar-refractivity contribution in [3.05, 3.63) is 64.9 Å². The van der Waals surface area contributed by atoms with Crippen molar-refractivity contribution in [1.82, 2.24) is 9.88 Å². The lowest BCUT2D eigenvalue weighted by molar-refractivity contribution is 0.0623. The van der Waals surface area contributed by atoms with Crippen molar-refractivity contribution < 1.29 is 26.4 Å². The van der Waals surface area contributed by atoms with Gasteiger partial charge in [0, 0.05) is 30.5 Å². The molecular formula is C26H30F2N4O4S. The second-order valence-electron chi connectivity index (χ2n) is 10.4. The number of benzene rings is 1. The van der Waals surface area contributed by atoms with Crippen LogP contribution in [0.3, 0.4) is 0 Å². The van der Waals surface area contributed by atoms with Crippen molar-refractivity contribution in [3.8, 4) is 0 Å². The highest BCUT2D eigenvalue weighted by Gasteiger charge is 2.65. The van der Waals surface area contributed by atoms with E-state index in [1.807, 2.05) is 13.8 Å². The number of fused-ring (bicyclic) bond motifs is 2. The third-order valence-corrected chi connectivity index (χ3v) is 8.70. The van der Waals surface area contributed by atoms with Crippen molar-refractivity contribution in [2.45, 2.75) is 39.4 Å². The molecule has 2 bridgehead atoms. The molecule has 1 heterocycles. The van der Waals surface area contributed by atoms with Gasteiger partial charge in [-0.2, -0.15) is 0 Å². The number of carbonyl (C=O) groups excluding carboxylic acids is 1. The molecule has 0 unspecified atom stereocenters. The van der Waals surface area contributed by atoms with E-state index in [0.717, 1.165) is 24.7 Å². The zero-order chi connectivity index (χ0) is 27.3. The number of halogens is 2. The van der Waals surface area contributed by atoms with E-state index in [2.05, 4.69) is 4.98 Å². The van der Waals surface area contributed by atoms with Gasteiger partial charge in [-0.05, 0) is 54.9 Å². The summed E-state index contributed by atoms with van der Waals surface area (Å²) in [5.74, 6) is -2.71. The molecule has 0 aliphatic heterocycles. The fourth-order valence-electron chi connectivity index (χ4n) is 5.88. The zero-order valence-electron chi connectivity index (χ0n) is 21.2. The molecule has 0 saturated heterocycles. The molecular weight excluding hydrogens is 502 g/mol. The first-order valence-corrected chi connectivity index (χ1v) is 14.0. The van der Waals surface area contributed by atoms with E-state index < -0.39 is 49.5 Å². The summed E-state index contributed by atoms with van der Waals surface area (Å²) in [6, 6.07) is 3.43. The van der Waals surface area contributed by atoms with E-state index in [9.17, 15) is 22.0 Å². The molecule has 1 aromatic carbocycles. The fourth-order valence-corrected chi connectivity index (χ4v) is 6.46. The summed E-state index contributed by atoms with van der Waals surface area (Å²) < 4.78 is 56.9. The normalized spacial score (nSPS) is 23.6. The largest absolute Gasteiger partial charge is 0.447 e. The van der Waals surface area contributed by atoms with Gasteiger partial charge < -0.3 is 20.1 Å². The molecule has 2 atom stereocenters. The molecule has 37 heavy (non-hydrogen) atoms. The van der Waals surface area contributed by atoms with Crippen LogP contribution in [-0.4, -0.2) is 55.0 Å². The maximum atomic E-state index is 14.3. The summed E-state index contributed by atoms with van der Waals surface area (Å²) >= 11 is 0. The summed E-state index contributed by atoms with van der Waals surface area (Å²) in [7, 11) is -3.39. The van der Waals surface area contributed by atoms with Gasteiger partial charge in [-0.25, -0.2) is 22.2 Å². The molecule has 2 aromatic rings. The number of allylic oxidation sites excluding steroid dienone is 2. The molecule has 2 fully saturated rings. The van der Waals surface area contributed by atoms with E-state index in [1.54, 1.807) is 11.8 Å². The standard InChI is InChI=1S/C26H30F2N4O4S/c1-5-32(24(33)20-12-36-21(31-20)13-37(4,34)35)14-26-10-9-16(25(26,2)3)15(23(26)30)11-19(29)22-17(27)7-6-8-18(22)28/h6-8,11-12,16,29-30H,5,9-10,13-14H2,1-4H3/b15-11-,29-19?,30-23?/t16-,26-/m0/s1. The lowest BCUT2D eigenvalue weighted by Crippen LogP contribution is -2.48. The SMILES string of the molecule is CCN(C[C@@]12CC[C@@H](/C(=C/C(=N)c3c(F)cccc3F)C1=N)C2(C)C)C(=O)c1coc(CS(C)(=O)=O)n1. The minimum atomic E-state index is -3.39. The van der Waals surface area contributed by atoms with Crippen LogP contribution in [0.4, 0.5) is 8.78 Å². The highest BCUT2D eigenvalue weighted by atomic mass is 32.2. The number of hydrogen-bond acceptors (Lipinski definition) is 7. The van der Waals surface area contributed by atoms with Crippen molar-refractivity contribution in [1.29, 1.82) is 10.8 Å². The van der Waals surface area contributed by atoms with E-state index in [0.29, 0.717) is 25.0 Å². The van der Waals surface area contributed by atoms with E-state index in [1.165, 1.54) is 12.1 Å². The van der Waals surface area contributed by atoms with Crippen molar-refractivity contribution in [2.75, 3.05) is 19.3 Å². The Morgan fingerprint density at radius 1 is 1.30 bits per heavy atom. The Morgan fingerprint density at radius 2 is 1.95 bits per heavy atom. The van der Waals surface area contributed by atoms with Crippen LogP contribution < -0.4 is 0 Å². The molecule has 4 rings (SSSR count). The van der Waals surface area contributed by atoms with Crippen molar-refractivity contribution in [2.24, 2.45) is 16.7 Å². The Bertz CT molecular complexity index is 1410. The lowest BCUT2D eigenvalue weighted by atomic mass is 9.68. The molecule has 2 saturated carbocycles. The topological polar surface area (TPSA) is 128 Å². The zero-order valence-corrected chi connectivity index (χ0v) is 22.0. The quantitative estimate of drug-likeness (QED) is 0.487. The van der Waals surface area contributed by atoms with E-state index in [4.69, 9.17) is 15.2 Å². The third-order valence-electron chi connectivity index (χ3n) is 7.93. The van der Waals surface area contributed by atoms with Crippen LogP contribution in [0.25, 0.3) is 0 Å². The summed E-state index contributed by atoms with van der Waals surface area (Å²) in [6.07, 6.45) is 4.93. The number of carbonyl (C=O) groups is 1. The Morgan fingerprint density at radius 3 is 2.54 bits per heavy atom. The van der Waals surface area contributed by atoms with Crippen LogP contribution in [0.15, 0.2) is 40.5 Å². The van der Waals surface area contributed by atoms with Gasteiger partial charge >= 0.3 is 0 Å². The summed E-state index contributed by atoms with van der Waals surface area (Å²) in [5, 5.41) is 17.5. The third kappa shape index (κ3) is 4.54. The second kappa shape index (κ2) is 9.27. The first-order valence-electron chi connectivity index (χ1n) is 12.0. The Balaban J connectivity index is 1.63. The van der Waals surface area contributed by atoms with Crippen LogP contribution in [0.2, 0.25) is 0 Å². The van der Waals surface area contributed by atoms with E-state index in [-0.39, 0.29) is 35.5 Å². The molecule has 1 aromatic heterocycles. The average Bonchev–Trinajstić information content (AvgIpc) is 3.39. The van der Waals surface area contributed by atoms with E-state index >= 15 is 0 Å². The molecule has 1 amide bonds. The number of nitrogens with one attached hydrogen (secondary N) is 2. The van der Waals surface area contributed by atoms with Crippen LogP contribution in [0.5, 0.6) is 0 Å². The second-order valence-corrected chi connectivity index (χ2v) is 12.5. The van der Waals surface area contributed by atoms with Gasteiger partial charge in [-0.15, -0.1) is 0 Å². The van der Waals surface area contributed by atoms with Gasteiger partial charge in [-0.1, -0.05) is 19.9 Å². The van der Waals surface area contributed by atoms with Gasteiger partial charge in [0.05, 0.1) is 11.3 Å². The van der Waals surface area contributed by atoms with Crippen molar-refractivity contribution >= 4 is 27.2 Å². The summed E-state index contributed by atoms with van der Waals surface area (Å²) in [4.78, 5) is 18.9. The summed E-state index contributed by atoms with van der Waals surface area (Å²) in [5.41, 5.74) is -1.15. The Kier molecular flexibility index (Phi) is 6.72. The molecule has 198 valence electrons. The lowest BCUT2D eigenvalue weighted by Gasteiger charge is -2.41. The number of hydrogen-bond donors (Lipinski definition) is 2. The van der Waals surface area contributed by atoms with Crippen LogP contribution >= 0.6 is 0 Å².